The molecule has 0 radical (unpaired) electrons. The smallest absolute Gasteiger partial charge is 0.350 e. The molecule has 7 N–H and O–H groups in total. The average molecular weight is 308 g/mol. The second-order valence-corrected chi connectivity index (χ2v) is 5.73. The molecule has 114 valence electrons. The van der Waals surface area contributed by atoms with Crippen LogP contribution in [-0.4, -0.2) is 45.0 Å². The molecule has 2 rings (SSSR count). The van der Waals surface area contributed by atoms with E-state index in [0.717, 1.165) is 0 Å². The Hall–Kier alpha value is -1.29. The van der Waals surface area contributed by atoms with Crippen LogP contribution in [0.5, 0.6) is 0 Å². The maximum absolute atomic E-state index is 11.7. The van der Waals surface area contributed by atoms with Gasteiger partial charge in [0.05, 0.1) is 19.3 Å². The van der Waals surface area contributed by atoms with Crippen LogP contribution in [0.25, 0.3) is 0 Å². The van der Waals surface area contributed by atoms with E-state index in [2.05, 4.69) is 4.98 Å². The molecule has 1 aliphatic heterocycles. The van der Waals surface area contributed by atoms with Crippen molar-refractivity contribution in [3.63, 3.8) is 0 Å². The fraction of sp³-hybridized carbons (Fsp3) is 0.556. The molecule has 2 heterocycles. The molecule has 0 aliphatic carbocycles. The van der Waals surface area contributed by atoms with Gasteiger partial charge >= 0.3 is 13.3 Å². The van der Waals surface area contributed by atoms with Crippen molar-refractivity contribution in [1.29, 1.82) is 0 Å². The van der Waals surface area contributed by atoms with Crippen molar-refractivity contribution in [1.82, 2.24) is 15.7 Å². The molecule has 10 nitrogen and oxygen atoms in total. The van der Waals surface area contributed by atoms with Gasteiger partial charge in [0.2, 0.25) is 0 Å². The summed E-state index contributed by atoms with van der Waals surface area (Å²) in [4.78, 5) is 32.8. The summed E-state index contributed by atoms with van der Waals surface area (Å²) in [6, 6.07) is 0.979. The Labute approximate surface area is 114 Å². The zero-order valence-corrected chi connectivity index (χ0v) is 11.5. The minimum atomic E-state index is -4.26. The number of rotatable bonds is 4. The summed E-state index contributed by atoms with van der Waals surface area (Å²) >= 11 is 0. The summed E-state index contributed by atoms with van der Waals surface area (Å²) in [5.41, 5.74) is 4.83. The summed E-state index contributed by atoms with van der Waals surface area (Å²) in [6.07, 6.45) is 0.128. The SMILES string of the molecule is N.Nc1ccn([C@@H]2COCC2OCP(=O)(O)O)c(=O)n1. The molecule has 2 atom stereocenters. The van der Waals surface area contributed by atoms with Crippen molar-refractivity contribution in [2.75, 3.05) is 25.3 Å². The molecule has 0 spiro atoms. The molecular formula is C9H17N4O6P. The van der Waals surface area contributed by atoms with Gasteiger partial charge in [0, 0.05) is 6.20 Å². The zero-order valence-electron chi connectivity index (χ0n) is 10.6. The second kappa shape index (κ2) is 6.44. The lowest BCUT2D eigenvalue weighted by Gasteiger charge is -2.20. The Balaban J connectivity index is 0.00000200. The van der Waals surface area contributed by atoms with E-state index in [9.17, 15) is 9.36 Å². The van der Waals surface area contributed by atoms with Gasteiger partial charge in [-0.15, -0.1) is 0 Å². The Morgan fingerprint density at radius 3 is 2.85 bits per heavy atom. The molecule has 0 amide bonds. The summed E-state index contributed by atoms with van der Waals surface area (Å²) in [6.45, 7) is 0.360. The van der Waals surface area contributed by atoms with E-state index in [4.69, 9.17) is 25.0 Å². The van der Waals surface area contributed by atoms with E-state index in [-0.39, 0.29) is 25.2 Å². The number of hydrogen-bond donors (Lipinski definition) is 4. The summed E-state index contributed by atoms with van der Waals surface area (Å²) in [5.74, 6) is 0.104. The molecule has 1 aromatic rings. The molecule has 1 aliphatic rings. The van der Waals surface area contributed by atoms with Gasteiger partial charge in [-0.05, 0) is 6.07 Å². The molecule has 0 saturated carbocycles. The first-order valence-corrected chi connectivity index (χ1v) is 7.25. The number of nitrogens with two attached hydrogens (primary N) is 1. The van der Waals surface area contributed by atoms with Gasteiger partial charge in [0.1, 0.15) is 18.3 Å². The Morgan fingerprint density at radius 2 is 2.25 bits per heavy atom. The van der Waals surface area contributed by atoms with Crippen molar-refractivity contribution in [2.24, 2.45) is 0 Å². The lowest BCUT2D eigenvalue weighted by molar-refractivity contribution is 0.0463. The van der Waals surface area contributed by atoms with Crippen LogP contribution >= 0.6 is 7.60 Å². The summed E-state index contributed by atoms with van der Waals surface area (Å²) < 4.78 is 22.4. The monoisotopic (exact) mass is 308 g/mol. The molecule has 0 bridgehead atoms. The molecule has 1 fully saturated rings. The fourth-order valence-corrected chi connectivity index (χ4v) is 2.20. The summed E-state index contributed by atoms with van der Waals surface area (Å²) in [5, 5.41) is 0. The first-order chi connectivity index (χ1) is 8.87. The second-order valence-electron chi connectivity index (χ2n) is 4.15. The maximum Gasteiger partial charge on any atom is 0.350 e. The zero-order chi connectivity index (χ0) is 14.0. The standard InChI is InChI=1S/C9H14N3O6P.H3N/c10-8-1-2-12(9(13)11-8)6-3-17-4-7(6)18-5-19(14,15)16;/h1-2,6-7H,3-5H2,(H2,10,11,13)(H2,14,15,16);1H3/t6-,7?;/m1./s1. The van der Waals surface area contributed by atoms with Crippen molar-refractivity contribution in [3.05, 3.63) is 22.7 Å². The normalized spacial score (nSPS) is 22.5. The summed E-state index contributed by atoms with van der Waals surface area (Å²) in [7, 11) is -4.26. The van der Waals surface area contributed by atoms with Crippen LogP contribution in [0.1, 0.15) is 6.04 Å². The molecule has 20 heavy (non-hydrogen) atoms. The quantitative estimate of drug-likeness (QED) is 0.513. The highest BCUT2D eigenvalue weighted by molar-refractivity contribution is 7.51. The topological polar surface area (TPSA) is 172 Å². The first kappa shape index (κ1) is 16.8. The van der Waals surface area contributed by atoms with Crippen LogP contribution in [0.3, 0.4) is 0 Å². The number of nitrogen functional groups attached to an aromatic ring is 1. The fourth-order valence-electron chi connectivity index (χ4n) is 1.81. The van der Waals surface area contributed by atoms with E-state index in [0.29, 0.717) is 0 Å². The highest BCUT2D eigenvalue weighted by Crippen LogP contribution is 2.36. The van der Waals surface area contributed by atoms with Crippen LogP contribution < -0.4 is 17.6 Å². The van der Waals surface area contributed by atoms with E-state index >= 15 is 0 Å². The van der Waals surface area contributed by atoms with Crippen molar-refractivity contribution >= 4 is 13.4 Å². The highest BCUT2D eigenvalue weighted by atomic mass is 31.2. The van der Waals surface area contributed by atoms with Gasteiger partial charge in [-0.3, -0.25) is 9.13 Å². The molecular weight excluding hydrogens is 291 g/mol. The predicted octanol–water partition coefficient (Wildman–Crippen LogP) is -0.921. The number of anilines is 1. The molecule has 11 heteroatoms. The van der Waals surface area contributed by atoms with Crippen LogP contribution in [0.4, 0.5) is 5.82 Å². The van der Waals surface area contributed by atoms with Crippen molar-refractivity contribution in [3.8, 4) is 0 Å². The van der Waals surface area contributed by atoms with Crippen molar-refractivity contribution < 1.29 is 23.8 Å². The lowest BCUT2D eigenvalue weighted by atomic mass is 10.2. The van der Waals surface area contributed by atoms with Crippen LogP contribution in [0.15, 0.2) is 17.1 Å². The maximum atomic E-state index is 11.7. The third-order valence-electron chi connectivity index (χ3n) is 2.67. The first-order valence-electron chi connectivity index (χ1n) is 5.45. The predicted molar refractivity (Wildman–Crippen MR) is 69.6 cm³/mol. The largest absolute Gasteiger partial charge is 0.383 e. The van der Waals surface area contributed by atoms with Gasteiger partial charge in [-0.1, -0.05) is 0 Å². The minimum absolute atomic E-state index is 0. The molecule has 0 aromatic carbocycles. The average Bonchev–Trinajstić information content (AvgIpc) is 2.73. The Morgan fingerprint density at radius 1 is 1.55 bits per heavy atom. The minimum Gasteiger partial charge on any atom is -0.383 e. The van der Waals surface area contributed by atoms with Gasteiger partial charge in [0.25, 0.3) is 0 Å². The highest BCUT2D eigenvalue weighted by Gasteiger charge is 2.33. The molecule has 1 saturated heterocycles. The van der Waals surface area contributed by atoms with E-state index < -0.39 is 31.8 Å². The van der Waals surface area contributed by atoms with Gasteiger partial charge < -0.3 is 31.1 Å². The molecule has 1 aromatic heterocycles. The number of nitrogens with zero attached hydrogens (tertiary/aromatic N) is 2. The van der Waals surface area contributed by atoms with Crippen LogP contribution in [0.2, 0.25) is 0 Å². The molecule has 1 unspecified atom stereocenters. The number of aromatic nitrogens is 2. The Bertz CT molecular complexity index is 558. The van der Waals surface area contributed by atoms with Crippen molar-refractivity contribution in [2.45, 2.75) is 12.1 Å². The van der Waals surface area contributed by atoms with E-state index in [1.807, 2.05) is 0 Å². The van der Waals surface area contributed by atoms with Gasteiger partial charge in [-0.2, -0.15) is 4.98 Å². The van der Waals surface area contributed by atoms with Crippen LogP contribution in [0, 0.1) is 0 Å². The van der Waals surface area contributed by atoms with Crippen LogP contribution in [-0.2, 0) is 14.0 Å². The lowest BCUT2D eigenvalue weighted by Crippen LogP contribution is -2.34. The van der Waals surface area contributed by atoms with E-state index in [1.54, 1.807) is 0 Å². The van der Waals surface area contributed by atoms with Gasteiger partial charge in [-0.25, -0.2) is 4.79 Å². The van der Waals surface area contributed by atoms with E-state index in [1.165, 1.54) is 16.8 Å². The number of ether oxygens (including phenoxy) is 2. The third-order valence-corrected chi connectivity index (χ3v) is 3.15. The van der Waals surface area contributed by atoms with Gasteiger partial charge in [0.15, 0.2) is 0 Å². The third kappa shape index (κ3) is 4.10. The Kier molecular flexibility index (Phi) is 5.40. The number of hydrogen-bond acceptors (Lipinski definition) is 7.